The van der Waals surface area contributed by atoms with Crippen LogP contribution in [0.15, 0.2) is 66.7 Å². The van der Waals surface area contributed by atoms with Crippen molar-refractivity contribution in [3.63, 3.8) is 0 Å². The Morgan fingerprint density at radius 2 is 1.58 bits per heavy atom. The van der Waals surface area contributed by atoms with E-state index >= 15 is 0 Å². The molecule has 0 amide bonds. The fourth-order valence-electron chi connectivity index (χ4n) is 4.13. The van der Waals surface area contributed by atoms with Gasteiger partial charge in [0.25, 0.3) is 0 Å². The van der Waals surface area contributed by atoms with Gasteiger partial charge in [-0.05, 0) is 62.7 Å². The van der Waals surface area contributed by atoms with Crippen molar-refractivity contribution < 1.29 is 19.8 Å². The average molecular weight is 450 g/mol. The number of likely N-dealkylation sites (tertiary alicyclic amines) is 1. The highest BCUT2D eigenvalue weighted by molar-refractivity contribution is 5.89. The molecule has 1 aliphatic heterocycles. The molecule has 0 spiro atoms. The van der Waals surface area contributed by atoms with Gasteiger partial charge in [0, 0.05) is 29.8 Å². The second-order valence-electron chi connectivity index (χ2n) is 8.29. The molecule has 0 saturated carbocycles. The van der Waals surface area contributed by atoms with E-state index in [2.05, 4.69) is 69.7 Å². The van der Waals surface area contributed by atoms with Crippen molar-refractivity contribution in [1.29, 1.82) is 0 Å². The summed E-state index contributed by atoms with van der Waals surface area (Å²) in [6.45, 7) is 3.70. The largest absolute Gasteiger partial charge is 0.478 e. The predicted octanol–water partition coefficient (Wildman–Crippen LogP) is 4.16. The maximum absolute atomic E-state index is 9.55. The minimum absolute atomic E-state index is 0.558. The summed E-state index contributed by atoms with van der Waals surface area (Å²) >= 11 is 0. The van der Waals surface area contributed by atoms with Gasteiger partial charge in [-0.1, -0.05) is 48.5 Å². The number of carbonyl (C=O) groups is 2. The van der Waals surface area contributed by atoms with E-state index in [1.807, 2.05) is 0 Å². The van der Waals surface area contributed by atoms with Crippen LogP contribution in [0.3, 0.4) is 0 Å². The molecule has 0 unspecified atom stereocenters. The SMILES string of the molecule is O=C(O)/C=C\C(=O)O.c1ccc(CCN2CCC(CCc3[nH]nc4ccccc34)CC2)cc1. The first-order chi connectivity index (χ1) is 16.0. The predicted molar refractivity (Wildman–Crippen MR) is 128 cm³/mol. The molecule has 0 bridgehead atoms. The molecule has 0 aliphatic carbocycles. The van der Waals surface area contributed by atoms with Crippen LogP contribution in [0.4, 0.5) is 0 Å². The Hall–Kier alpha value is -3.45. The topological polar surface area (TPSA) is 107 Å². The first-order valence-corrected chi connectivity index (χ1v) is 11.3. The van der Waals surface area contributed by atoms with E-state index in [0.717, 1.165) is 17.9 Å². The number of aliphatic carboxylic acids is 2. The highest BCUT2D eigenvalue weighted by atomic mass is 16.4. The summed E-state index contributed by atoms with van der Waals surface area (Å²) in [5, 5.41) is 24.6. The number of nitrogens with one attached hydrogen (secondary N) is 1. The maximum Gasteiger partial charge on any atom is 0.328 e. The van der Waals surface area contributed by atoms with E-state index in [9.17, 15) is 9.59 Å². The number of hydrogen-bond donors (Lipinski definition) is 3. The summed E-state index contributed by atoms with van der Waals surface area (Å²) in [5.41, 5.74) is 3.85. The Kier molecular flexibility index (Phi) is 9.20. The lowest BCUT2D eigenvalue weighted by Gasteiger charge is -2.32. The molecule has 1 aromatic heterocycles. The van der Waals surface area contributed by atoms with Crippen LogP contribution in [-0.4, -0.2) is 56.9 Å². The maximum atomic E-state index is 9.55. The molecular formula is C26H31N3O4. The van der Waals surface area contributed by atoms with Gasteiger partial charge >= 0.3 is 11.9 Å². The third kappa shape index (κ3) is 8.20. The number of para-hydroxylation sites is 1. The number of fused-ring (bicyclic) bond motifs is 1. The van der Waals surface area contributed by atoms with E-state index in [4.69, 9.17) is 10.2 Å². The lowest BCUT2D eigenvalue weighted by atomic mass is 9.91. The molecule has 3 N–H and O–H groups in total. The van der Waals surface area contributed by atoms with Crippen molar-refractivity contribution in [3.8, 4) is 0 Å². The summed E-state index contributed by atoms with van der Waals surface area (Å²) < 4.78 is 0. The van der Waals surface area contributed by atoms with Crippen molar-refractivity contribution in [1.82, 2.24) is 15.1 Å². The quantitative estimate of drug-likeness (QED) is 0.446. The van der Waals surface area contributed by atoms with Gasteiger partial charge in [0.2, 0.25) is 0 Å². The summed E-state index contributed by atoms with van der Waals surface area (Å²) in [6.07, 6.45) is 7.35. The Labute approximate surface area is 193 Å². The van der Waals surface area contributed by atoms with E-state index in [-0.39, 0.29) is 0 Å². The Morgan fingerprint density at radius 3 is 2.24 bits per heavy atom. The zero-order valence-electron chi connectivity index (χ0n) is 18.7. The van der Waals surface area contributed by atoms with Crippen molar-refractivity contribution >= 4 is 22.8 Å². The third-order valence-electron chi connectivity index (χ3n) is 5.98. The van der Waals surface area contributed by atoms with E-state index in [1.54, 1.807) is 0 Å². The van der Waals surface area contributed by atoms with Gasteiger partial charge in [-0.3, -0.25) is 5.10 Å². The smallest absolute Gasteiger partial charge is 0.328 e. The molecular weight excluding hydrogens is 418 g/mol. The fourth-order valence-corrected chi connectivity index (χ4v) is 4.13. The van der Waals surface area contributed by atoms with Crippen LogP contribution in [0.25, 0.3) is 10.9 Å². The minimum atomic E-state index is -1.26. The molecule has 174 valence electrons. The number of H-pyrrole nitrogens is 1. The molecule has 2 heterocycles. The Bertz CT molecular complexity index is 1040. The van der Waals surface area contributed by atoms with E-state index in [0.29, 0.717) is 12.2 Å². The Morgan fingerprint density at radius 1 is 0.939 bits per heavy atom. The second kappa shape index (κ2) is 12.6. The molecule has 0 radical (unpaired) electrons. The third-order valence-corrected chi connectivity index (χ3v) is 5.98. The van der Waals surface area contributed by atoms with Gasteiger partial charge in [0.05, 0.1) is 5.52 Å². The second-order valence-corrected chi connectivity index (χ2v) is 8.29. The molecule has 3 aromatic rings. The van der Waals surface area contributed by atoms with Gasteiger partial charge in [-0.25, -0.2) is 9.59 Å². The normalized spacial score (nSPS) is 14.8. The number of rotatable bonds is 8. The van der Waals surface area contributed by atoms with Crippen molar-refractivity contribution in [3.05, 3.63) is 78.0 Å². The van der Waals surface area contributed by atoms with Crippen molar-refractivity contribution in [2.75, 3.05) is 19.6 Å². The monoisotopic (exact) mass is 449 g/mol. The number of aromatic nitrogens is 2. The number of aromatic amines is 1. The van der Waals surface area contributed by atoms with E-state index < -0.39 is 11.9 Å². The van der Waals surface area contributed by atoms with Gasteiger partial charge < -0.3 is 15.1 Å². The summed E-state index contributed by atoms with van der Waals surface area (Å²) in [5.74, 6) is -1.66. The summed E-state index contributed by atoms with van der Waals surface area (Å²) in [6, 6.07) is 19.3. The summed E-state index contributed by atoms with van der Waals surface area (Å²) in [7, 11) is 0. The highest BCUT2D eigenvalue weighted by Crippen LogP contribution is 2.24. The number of piperidine rings is 1. The zero-order chi connectivity index (χ0) is 23.5. The van der Waals surface area contributed by atoms with Crippen LogP contribution in [0.5, 0.6) is 0 Å². The molecule has 7 nitrogen and oxygen atoms in total. The first kappa shape index (κ1) is 24.2. The van der Waals surface area contributed by atoms with Gasteiger partial charge in [-0.15, -0.1) is 0 Å². The van der Waals surface area contributed by atoms with Gasteiger partial charge in [0.1, 0.15) is 0 Å². The van der Waals surface area contributed by atoms with Crippen LogP contribution in [0.1, 0.15) is 30.5 Å². The first-order valence-electron chi connectivity index (χ1n) is 11.3. The Balaban J connectivity index is 0.000000331. The van der Waals surface area contributed by atoms with Crippen molar-refractivity contribution in [2.45, 2.75) is 32.1 Å². The highest BCUT2D eigenvalue weighted by Gasteiger charge is 2.19. The fraction of sp³-hybridized carbons (Fsp3) is 0.346. The molecule has 1 aliphatic rings. The van der Waals surface area contributed by atoms with Gasteiger partial charge in [-0.2, -0.15) is 5.10 Å². The molecule has 0 atom stereocenters. The zero-order valence-corrected chi connectivity index (χ0v) is 18.7. The number of benzene rings is 2. The molecule has 4 rings (SSSR count). The molecule has 1 saturated heterocycles. The average Bonchev–Trinajstić information content (AvgIpc) is 3.25. The number of carboxylic acids is 2. The molecule has 2 aromatic carbocycles. The number of aryl methyl sites for hydroxylation is 1. The van der Waals surface area contributed by atoms with Gasteiger partial charge in [0.15, 0.2) is 0 Å². The number of carboxylic acid groups (broad SMARTS) is 2. The van der Waals surface area contributed by atoms with Crippen LogP contribution in [0.2, 0.25) is 0 Å². The number of nitrogens with zero attached hydrogens (tertiary/aromatic N) is 2. The van der Waals surface area contributed by atoms with Crippen LogP contribution in [-0.2, 0) is 22.4 Å². The molecule has 33 heavy (non-hydrogen) atoms. The number of hydrogen-bond acceptors (Lipinski definition) is 4. The standard InChI is InChI=1S/C22H27N3.C4H4O4/c1-2-6-18(7-3-1)12-15-25-16-13-19(14-17-25)10-11-22-20-8-4-5-9-21(20)23-24-22;5-3(6)1-2-4(7)8/h1-9,19H,10-17H2,(H,23,24);1-2H,(H,5,6)(H,7,8)/b;2-1-. The summed E-state index contributed by atoms with van der Waals surface area (Å²) in [4.78, 5) is 21.7. The van der Waals surface area contributed by atoms with Crippen molar-refractivity contribution in [2.24, 2.45) is 5.92 Å². The lowest BCUT2D eigenvalue weighted by molar-refractivity contribution is -0.134. The molecule has 7 heteroatoms. The van der Waals surface area contributed by atoms with Crippen LogP contribution in [0, 0.1) is 5.92 Å². The lowest BCUT2D eigenvalue weighted by Crippen LogP contribution is -2.35. The molecule has 1 fully saturated rings. The van der Waals surface area contributed by atoms with Crippen LogP contribution >= 0.6 is 0 Å². The van der Waals surface area contributed by atoms with Crippen LogP contribution < -0.4 is 0 Å². The minimum Gasteiger partial charge on any atom is -0.478 e. The van der Waals surface area contributed by atoms with E-state index in [1.165, 1.54) is 62.0 Å².